The molecule has 0 aliphatic carbocycles. The van der Waals surface area contributed by atoms with Gasteiger partial charge in [0.1, 0.15) is 12.4 Å². The third-order valence-corrected chi connectivity index (χ3v) is 10.0. The predicted molar refractivity (Wildman–Crippen MR) is 188 cm³/mol. The highest BCUT2D eigenvalue weighted by molar-refractivity contribution is 6.65. The molecule has 0 saturated carbocycles. The van der Waals surface area contributed by atoms with Gasteiger partial charge in [0.05, 0.1) is 10.8 Å². The van der Waals surface area contributed by atoms with Crippen LogP contribution in [0.15, 0.2) is 36.4 Å². The number of ether oxygens (including phenoxy) is 1. The van der Waals surface area contributed by atoms with E-state index < -0.39 is 42.9 Å². The summed E-state index contributed by atoms with van der Waals surface area (Å²) in [7, 11) is -2.79. The quantitative estimate of drug-likeness (QED) is 0.0286. The van der Waals surface area contributed by atoms with E-state index in [9.17, 15) is 30.0 Å². The molecule has 2 atom stereocenters. The Morgan fingerprint density at radius 1 is 0.959 bits per heavy atom. The minimum absolute atomic E-state index is 0.0529. The number of Topliss-reactive ketones (excluding diaryl/α,β-unsaturated/α-hetero) is 1. The molecule has 266 valence electrons. The first kappa shape index (κ1) is 39.2. The highest BCUT2D eigenvalue weighted by atomic mass is 28.4. The second kappa shape index (κ2) is 14.7. The largest absolute Gasteiger partial charge is 0.520 e. The number of benzene rings is 2. The van der Waals surface area contributed by atoms with Crippen LogP contribution in [0.25, 0.3) is 5.53 Å². The van der Waals surface area contributed by atoms with Crippen LogP contribution < -0.4 is 9.74 Å². The Bertz CT molecular complexity index is 1610. The molecular formula is C36H50N4O8Si. The van der Waals surface area contributed by atoms with Gasteiger partial charge in [0.25, 0.3) is 11.5 Å². The Kier molecular flexibility index (Phi) is 11.8. The maximum absolute atomic E-state index is 12.9. The molecule has 1 N–H and O–H groups in total. The van der Waals surface area contributed by atoms with Crippen LogP contribution in [0.1, 0.15) is 97.4 Å². The predicted octanol–water partition coefficient (Wildman–Crippen LogP) is 6.46. The first-order valence-corrected chi connectivity index (χ1v) is 19.2. The fourth-order valence-electron chi connectivity index (χ4n) is 5.43. The van der Waals surface area contributed by atoms with Crippen LogP contribution in [0.4, 0.5) is 5.69 Å². The fraction of sp³-hybridized carbons (Fsp3) is 0.556. The van der Waals surface area contributed by atoms with E-state index in [1.165, 1.54) is 29.8 Å². The van der Waals surface area contributed by atoms with Crippen molar-refractivity contribution >= 4 is 37.6 Å². The molecule has 12 nitrogen and oxygen atoms in total. The fourth-order valence-corrected chi connectivity index (χ4v) is 6.81. The summed E-state index contributed by atoms with van der Waals surface area (Å²) in [4.78, 5) is 51.0. The van der Waals surface area contributed by atoms with E-state index in [-0.39, 0.29) is 47.5 Å². The molecule has 2 aromatic carbocycles. The van der Waals surface area contributed by atoms with Gasteiger partial charge in [0, 0.05) is 31.2 Å². The molecule has 0 radical (unpaired) electrons. The summed E-state index contributed by atoms with van der Waals surface area (Å²) >= 11 is 0. The molecule has 0 bridgehead atoms. The van der Waals surface area contributed by atoms with Gasteiger partial charge in [0.2, 0.25) is 5.91 Å². The van der Waals surface area contributed by atoms with Gasteiger partial charge in [0.15, 0.2) is 0 Å². The molecule has 13 heteroatoms. The van der Waals surface area contributed by atoms with E-state index in [4.69, 9.17) is 13.6 Å². The van der Waals surface area contributed by atoms with E-state index in [1.807, 2.05) is 13.1 Å². The maximum Gasteiger partial charge on any atom is 0.441 e. The number of carbonyl (C=O) groups excluding carboxylic acids is 3. The van der Waals surface area contributed by atoms with Crippen LogP contribution in [-0.2, 0) is 46.4 Å². The Labute approximate surface area is 289 Å². The smallest absolute Gasteiger partial charge is 0.441 e. The van der Waals surface area contributed by atoms with Gasteiger partial charge in [-0.2, -0.15) is 4.79 Å². The number of rotatable bonds is 13. The van der Waals surface area contributed by atoms with E-state index in [2.05, 4.69) is 84.6 Å². The van der Waals surface area contributed by atoms with E-state index in [0.29, 0.717) is 12.0 Å². The summed E-state index contributed by atoms with van der Waals surface area (Å²) in [6.07, 6.45) is 0.0464. The Morgan fingerprint density at radius 2 is 1.51 bits per heavy atom. The van der Waals surface area contributed by atoms with Crippen molar-refractivity contribution in [2.75, 3.05) is 6.61 Å². The molecule has 49 heavy (non-hydrogen) atoms. The van der Waals surface area contributed by atoms with Crippen LogP contribution in [0.2, 0.25) is 13.1 Å². The Hall–Kier alpha value is -4.19. The molecule has 1 fully saturated rings. The van der Waals surface area contributed by atoms with Gasteiger partial charge >= 0.3 is 20.2 Å². The first-order valence-electron chi connectivity index (χ1n) is 16.4. The summed E-state index contributed by atoms with van der Waals surface area (Å²) in [5.74, 6) is -1.90. The van der Waals surface area contributed by atoms with Crippen LogP contribution in [0.3, 0.4) is 0 Å². The third-order valence-electron chi connectivity index (χ3n) is 8.43. The number of amides is 1. The number of esters is 1. The number of nitro groups is 1. The standard InChI is InChI=1S/C36H50N4O8Si/c1-34(2,3)23-18-26(35(4,5)6)31(27(19-23)36(7,8)9)48-49(10,11)47-17-16-25-28(38-32(25)42)20-29(41)30(39-37)33(43)46-21-22-12-14-24(15-13-22)40(44)45/h12-15,18-19,25,28H,16-17,20-21H2,1-11H3,(H,38,42)/t25-,28+/m0/s1. The number of non-ortho nitro benzene ring substituents is 1. The van der Waals surface area contributed by atoms with Crippen molar-refractivity contribution in [2.45, 2.75) is 117 Å². The molecule has 0 spiro atoms. The first-order chi connectivity index (χ1) is 22.4. The average molecular weight is 695 g/mol. The number of hydrogen-bond acceptors (Lipinski definition) is 8. The second-order valence-electron chi connectivity index (χ2n) is 16.1. The van der Waals surface area contributed by atoms with Gasteiger partial charge in [-0.25, -0.2) is 4.79 Å². The molecule has 1 heterocycles. The summed E-state index contributed by atoms with van der Waals surface area (Å²) in [6.45, 7) is 23.5. The van der Waals surface area contributed by atoms with Crippen molar-refractivity contribution < 1.29 is 37.7 Å². The summed E-state index contributed by atoms with van der Waals surface area (Å²) in [5, 5.41) is 13.5. The normalized spacial score (nSPS) is 16.6. The minimum Gasteiger partial charge on any atom is -0.520 e. The molecular weight excluding hydrogens is 645 g/mol. The number of nitrogens with one attached hydrogen (secondary N) is 1. The van der Waals surface area contributed by atoms with Crippen molar-refractivity contribution in [1.29, 1.82) is 0 Å². The monoisotopic (exact) mass is 694 g/mol. The van der Waals surface area contributed by atoms with Crippen LogP contribution >= 0.6 is 0 Å². The maximum atomic E-state index is 12.9. The number of β-lactam (4-membered cyclic amide) rings is 1. The molecule has 1 saturated heterocycles. The summed E-state index contributed by atoms with van der Waals surface area (Å²) in [5.41, 5.74) is 11.9. The zero-order chi connectivity index (χ0) is 37.1. The highest BCUT2D eigenvalue weighted by Gasteiger charge is 2.44. The van der Waals surface area contributed by atoms with Crippen molar-refractivity contribution in [2.24, 2.45) is 5.92 Å². The molecule has 2 aromatic rings. The van der Waals surface area contributed by atoms with Gasteiger partial charge in [-0.1, -0.05) is 74.4 Å². The third kappa shape index (κ3) is 10.2. The van der Waals surface area contributed by atoms with E-state index >= 15 is 0 Å². The number of carbonyl (C=O) groups is 3. The molecule has 0 unspecified atom stereocenters. The zero-order valence-electron chi connectivity index (χ0n) is 30.6. The van der Waals surface area contributed by atoms with E-state index in [0.717, 1.165) is 16.9 Å². The SMILES string of the molecule is CC(C)(C)c1cc(C(C)(C)C)c(O[Si](C)(C)OCC[C@@H]2C(=O)N[C@@H]2CC(=O)C(=[N+]=[N-])C(=O)OCc2ccc([N+](=O)[O-])cc2)c(C(C)(C)C)c1. The highest BCUT2D eigenvalue weighted by Crippen LogP contribution is 2.44. The lowest BCUT2D eigenvalue weighted by Gasteiger charge is -2.38. The number of hydrogen-bond donors (Lipinski definition) is 1. The number of nitro benzene ring substituents is 1. The number of nitrogens with zero attached hydrogens (tertiary/aromatic N) is 3. The minimum atomic E-state index is -2.79. The molecule has 3 rings (SSSR count). The molecule has 1 aliphatic heterocycles. The zero-order valence-corrected chi connectivity index (χ0v) is 31.6. The lowest BCUT2D eigenvalue weighted by molar-refractivity contribution is -0.384. The Morgan fingerprint density at radius 3 is 1.96 bits per heavy atom. The van der Waals surface area contributed by atoms with Crippen LogP contribution in [-0.4, -0.2) is 54.3 Å². The van der Waals surface area contributed by atoms with Crippen molar-refractivity contribution in [3.8, 4) is 5.75 Å². The Balaban J connectivity index is 1.65. The molecule has 1 amide bonds. The van der Waals surface area contributed by atoms with Crippen LogP contribution in [0.5, 0.6) is 5.75 Å². The summed E-state index contributed by atoms with van der Waals surface area (Å²) in [6, 6.07) is 9.22. The van der Waals surface area contributed by atoms with E-state index in [1.54, 1.807) is 0 Å². The average Bonchev–Trinajstić information content (AvgIpc) is 2.96. The van der Waals surface area contributed by atoms with Crippen molar-refractivity contribution in [3.63, 3.8) is 0 Å². The summed E-state index contributed by atoms with van der Waals surface area (Å²) < 4.78 is 18.2. The molecule has 0 aromatic heterocycles. The van der Waals surface area contributed by atoms with Crippen LogP contribution in [0, 0.1) is 16.0 Å². The topological polar surface area (TPSA) is 170 Å². The van der Waals surface area contributed by atoms with Gasteiger partial charge < -0.3 is 24.4 Å². The van der Waals surface area contributed by atoms with Gasteiger partial charge in [-0.05, 0) is 70.1 Å². The number of ketones is 1. The van der Waals surface area contributed by atoms with Gasteiger partial charge in [-0.15, -0.1) is 0 Å². The van der Waals surface area contributed by atoms with Crippen molar-refractivity contribution in [3.05, 3.63) is 74.3 Å². The molecule has 1 aliphatic rings. The van der Waals surface area contributed by atoms with Gasteiger partial charge in [-0.3, -0.25) is 19.7 Å². The lowest BCUT2D eigenvalue weighted by atomic mass is 9.75. The lowest BCUT2D eigenvalue weighted by Crippen LogP contribution is -2.59. The van der Waals surface area contributed by atoms with Crippen molar-refractivity contribution in [1.82, 2.24) is 5.32 Å². The second-order valence-corrected chi connectivity index (χ2v) is 19.4.